The lowest BCUT2D eigenvalue weighted by Gasteiger charge is -2.14. The summed E-state index contributed by atoms with van der Waals surface area (Å²) in [6.07, 6.45) is 0.984. The van der Waals surface area contributed by atoms with E-state index in [1.807, 2.05) is 18.2 Å². The van der Waals surface area contributed by atoms with Gasteiger partial charge in [-0.1, -0.05) is 37.3 Å². The third-order valence-corrected chi connectivity index (χ3v) is 4.32. The van der Waals surface area contributed by atoms with Gasteiger partial charge in [0.05, 0.1) is 4.92 Å². The molecule has 0 saturated carbocycles. The maximum absolute atomic E-state index is 11.7. The van der Waals surface area contributed by atoms with Crippen LogP contribution in [0.5, 0.6) is 0 Å². The standard InChI is InChI=1S/C14H15N3O4S/c1-9(10-6-4-3-5-7-10)11-8-12(22(2,20)21)16-14(15)13(11)17(18)19/h3-9H,1-2H3,(H2,15,16). The van der Waals surface area contributed by atoms with Crippen LogP contribution in [-0.2, 0) is 9.84 Å². The smallest absolute Gasteiger partial charge is 0.314 e. The van der Waals surface area contributed by atoms with Crippen molar-refractivity contribution >= 4 is 21.3 Å². The molecule has 0 bridgehead atoms. The van der Waals surface area contributed by atoms with Crippen molar-refractivity contribution in [3.63, 3.8) is 0 Å². The van der Waals surface area contributed by atoms with E-state index in [-0.39, 0.29) is 16.3 Å². The van der Waals surface area contributed by atoms with E-state index in [9.17, 15) is 18.5 Å². The van der Waals surface area contributed by atoms with Crippen molar-refractivity contribution in [1.82, 2.24) is 4.98 Å². The summed E-state index contributed by atoms with van der Waals surface area (Å²) in [4.78, 5) is 14.3. The number of sulfone groups is 1. The topological polar surface area (TPSA) is 116 Å². The summed E-state index contributed by atoms with van der Waals surface area (Å²) in [7, 11) is -3.62. The average Bonchev–Trinajstić information content (AvgIpc) is 2.45. The Morgan fingerprint density at radius 3 is 2.36 bits per heavy atom. The summed E-state index contributed by atoms with van der Waals surface area (Å²) in [5.74, 6) is -0.793. The largest absolute Gasteiger partial charge is 0.378 e. The van der Waals surface area contributed by atoms with Crippen molar-refractivity contribution in [1.29, 1.82) is 0 Å². The molecule has 22 heavy (non-hydrogen) atoms. The number of nitro groups is 1. The zero-order valence-electron chi connectivity index (χ0n) is 12.1. The van der Waals surface area contributed by atoms with Crippen LogP contribution in [0.4, 0.5) is 11.5 Å². The molecule has 0 fully saturated rings. The average molecular weight is 321 g/mol. The second-order valence-corrected chi connectivity index (χ2v) is 6.91. The third-order valence-electron chi connectivity index (χ3n) is 3.35. The number of benzene rings is 1. The summed E-state index contributed by atoms with van der Waals surface area (Å²) >= 11 is 0. The molecule has 0 spiro atoms. The number of nitrogens with zero attached hydrogens (tertiary/aromatic N) is 2. The van der Waals surface area contributed by atoms with Crippen LogP contribution in [0, 0.1) is 10.1 Å². The van der Waals surface area contributed by atoms with E-state index in [2.05, 4.69) is 4.98 Å². The van der Waals surface area contributed by atoms with Gasteiger partial charge in [0.1, 0.15) is 0 Å². The number of hydrogen-bond acceptors (Lipinski definition) is 6. The molecule has 1 unspecified atom stereocenters. The number of pyridine rings is 1. The third kappa shape index (κ3) is 3.06. The Labute approximate surface area is 127 Å². The first-order valence-corrected chi connectivity index (χ1v) is 8.30. The van der Waals surface area contributed by atoms with E-state index in [0.717, 1.165) is 11.8 Å². The first kappa shape index (κ1) is 15.9. The van der Waals surface area contributed by atoms with Crippen LogP contribution in [0.1, 0.15) is 24.0 Å². The Balaban J connectivity index is 2.72. The molecule has 0 aliphatic heterocycles. The summed E-state index contributed by atoms with van der Waals surface area (Å²) in [5, 5.41) is 11.0. The minimum atomic E-state index is -3.62. The van der Waals surface area contributed by atoms with Gasteiger partial charge in [0.25, 0.3) is 0 Å². The zero-order valence-corrected chi connectivity index (χ0v) is 12.9. The molecule has 0 radical (unpaired) electrons. The highest BCUT2D eigenvalue weighted by molar-refractivity contribution is 7.90. The van der Waals surface area contributed by atoms with Gasteiger partial charge in [-0.15, -0.1) is 0 Å². The minimum absolute atomic E-state index is 0.226. The molecule has 1 heterocycles. The Morgan fingerprint density at radius 1 is 1.27 bits per heavy atom. The molecule has 2 rings (SSSR count). The lowest BCUT2D eigenvalue weighted by molar-refractivity contribution is -0.385. The lowest BCUT2D eigenvalue weighted by Crippen LogP contribution is -2.11. The maximum atomic E-state index is 11.7. The fourth-order valence-electron chi connectivity index (χ4n) is 2.19. The minimum Gasteiger partial charge on any atom is -0.378 e. The molecule has 7 nitrogen and oxygen atoms in total. The molecule has 1 atom stereocenters. The van der Waals surface area contributed by atoms with Gasteiger partial charge < -0.3 is 5.73 Å². The van der Waals surface area contributed by atoms with Gasteiger partial charge in [-0.3, -0.25) is 10.1 Å². The maximum Gasteiger partial charge on any atom is 0.314 e. The number of rotatable bonds is 4. The Bertz CT molecular complexity index is 819. The summed E-state index contributed by atoms with van der Waals surface area (Å²) in [6.45, 7) is 1.75. The van der Waals surface area contributed by atoms with E-state index in [0.29, 0.717) is 0 Å². The quantitative estimate of drug-likeness (QED) is 0.681. The van der Waals surface area contributed by atoms with Gasteiger partial charge in [0.2, 0.25) is 5.82 Å². The van der Waals surface area contributed by atoms with Crippen LogP contribution < -0.4 is 5.73 Å². The van der Waals surface area contributed by atoms with E-state index >= 15 is 0 Å². The van der Waals surface area contributed by atoms with E-state index in [1.165, 1.54) is 6.07 Å². The number of hydrogen-bond donors (Lipinski definition) is 1. The fourth-order valence-corrected chi connectivity index (χ4v) is 2.80. The van der Waals surface area contributed by atoms with Gasteiger partial charge in [0.15, 0.2) is 14.9 Å². The van der Waals surface area contributed by atoms with Crippen LogP contribution in [0.15, 0.2) is 41.4 Å². The van der Waals surface area contributed by atoms with Crippen LogP contribution >= 0.6 is 0 Å². The predicted octanol–water partition coefficient (Wildman–Crippen LogP) is 2.13. The van der Waals surface area contributed by atoms with Crippen LogP contribution in [-0.4, -0.2) is 24.6 Å². The van der Waals surface area contributed by atoms with Crippen LogP contribution in [0.25, 0.3) is 0 Å². The molecule has 2 aromatic rings. The second kappa shape index (κ2) is 5.72. The highest BCUT2D eigenvalue weighted by Gasteiger charge is 2.27. The van der Waals surface area contributed by atoms with Gasteiger partial charge in [-0.2, -0.15) is 0 Å². The van der Waals surface area contributed by atoms with E-state index in [4.69, 9.17) is 5.73 Å². The van der Waals surface area contributed by atoms with Gasteiger partial charge in [-0.25, -0.2) is 13.4 Å². The first-order valence-electron chi connectivity index (χ1n) is 6.41. The SMILES string of the molecule is CC(c1ccccc1)c1cc(S(C)(=O)=O)nc(N)c1[N+](=O)[O-]. The highest BCUT2D eigenvalue weighted by Crippen LogP contribution is 2.35. The molecule has 0 aliphatic rings. The molecule has 0 saturated heterocycles. The molecule has 1 aromatic carbocycles. The van der Waals surface area contributed by atoms with Gasteiger partial charge in [0, 0.05) is 17.7 Å². The Hall–Kier alpha value is -2.48. The molecule has 0 amide bonds. The molecular formula is C14H15N3O4S. The number of nitrogens with two attached hydrogens (primary N) is 1. The summed E-state index contributed by atoms with van der Waals surface area (Å²) in [6, 6.07) is 10.3. The second-order valence-electron chi connectivity index (χ2n) is 4.95. The van der Waals surface area contributed by atoms with Crippen molar-refractivity contribution in [3.8, 4) is 0 Å². The lowest BCUT2D eigenvalue weighted by atomic mass is 9.92. The zero-order chi connectivity index (χ0) is 16.5. The molecule has 8 heteroatoms. The fraction of sp³-hybridized carbons (Fsp3) is 0.214. The van der Waals surface area contributed by atoms with Crippen molar-refractivity contribution in [2.45, 2.75) is 17.9 Å². The summed E-state index contributed by atoms with van der Waals surface area (Å²) in [5.41, 5.74) is 6.30. The van der Waals surface area contributed by atoms with E-state index in [1.54, 1.807) is 19.1 Å². The monoisotopic (exact) mass is 321 g/mol. The van der Waals surface area contributed by atoms with Gasteiger partial charge >= 0.3 is 5.69 Å². The molecule has 0 aliphatic carbocycles. The molecule has 2 N–H and O–H groups in total. The summed E-state index contributed by atoms with van der Waals surface area (Å²) < 4.78 is 23.4. The first-order chi connectivity index (χ1) is 10.2. The van der Waals surface area contributed by atoms with Crippen molar-refractivity contribution in [3.05, 3.63) is 57.6 Å². The van der Waals surface area contributed by atoms with E-state index < -0.39 is 26.5 Å². The van der Waals surface area contributed by atoms with Crippen LogP contribution in [0.3, 0.4) is 0 Å². The molecule has 116 valence electrons. The molecule has 1 aromatic heterocycles. The van der Waals surface area contributed by atoms with Crippen LogP contribution in [0.2, 0.25) is 0 Å². The number of nitrogen functional groups attached to an aromatic ring is 1. The number of aromatic nitrogens is 1. The van der Waals surface area contributed by atoms with Crippen molar-refractivity contribution in [2.75, 3.05) is 12.0 Å². The molecular weight excluding hydrogens is 306 g/mol. The van der Waals surface area contributed by atoms with Gasteiger partial charge in [-0.05, 0) is 11.6 Å². The highest BCUT2D eigenvalue weighted by atomic mass is 32.2. The normalized spacial score (nSPS) is 12.8. The number of anilines is 1. The van der Waals surface area contributed by atoms with Crippen molar-refractivity contribution < 1.29 is 13.3 Å². The van der Waals surface area contributed by atoms with Crippen molar-refractivity contribution in [2.24, 2.45) is 0 Å². The Morgan fingerprint density at radius 2 is 1.86 bits per heavy atom. The Kier molecular flexibility index (Phi) is 4.14. The predicted molar refractivity (Wildman–Crippen MR) is 82.4 cm³/mol.